The van der Waals surface area contributed by atoms with Crippen molar-refractivity contribution in [2.75, 3.05) is 0 Å². The lowest BCUT2D eigenvalue weighted by molar-refractivity contribution is 0.834. The Kier molecular flexibility index (Phi) is 3.19. The molecule has 0 spiro atoms. The SMILES string of the molecule is CC(C)c1cccnc1-n1c(-c2ncc[nH]2)nc2ccccc21. The summed E-state index contributed by atoms with van der Waals surface area (Å²) in [5.41, 5.74) is 3.14. The third-order valence-corrected chi connectivity index (χ3v) is 3.92. The molecule has 4 aromatic rings. The monoisotopic (exact) mass is 303 g/mol. The molecule has 23 heavy (non-hydrogen) atoms. The number of nitrogens with one attached hydrogen (secondary N) is 1. The summed E-state index contributed by atoms with van der Waals surface area (Å²) in [6.07, 6.45) is 5.36. The second-order valence-electron chi connectivity index (χ2n) is 5.77. The molecule has 0 aliphatic rings. The number of para-hydroxylation sites is 2. The Hall–Kier alpha value is -2.95. The van der Waals surface area contributed by atoms with E-state index in [1.54, 1.807) is 12.4 Å². The molecule has 0 saturated heterocycles. The van der Waals surface area contributed by atoms with Gasteiger partial charge in [0.15, 0.2) is 11.6 Å². The number of hydrogen-bond acceptors (Lipinski definition) is 3. The Balaban J connectivity index is 2.09. The summed E-state index contributed by atoms with van der Waals surface area (Å²) in [6.45, 7) is 4.35. The molecule has 0 fully saturated rings. The molecule has 0 bridgehead atoms. The van der Waals surface area contributed by atoms with Gasteiger partial charge in [-0.25, -0.2) is 15.0 Å². The molecular formula is C18H17N5. The summed E-state index contributed by atoms with van der Waals surface area (Å²) in [5, 5.41) is 0. The van der Waals surface area contributed by atoms with Gasteiger partial charge in [-0.2, -0.15) is 0 Å². The zero-order chi connectivity index (χ0) is 15.8. The van der Waals surface area contributed by atoms with E-state index in [4.69, 9.17) is 4.98 Å². The third kappa shape index (κ3) is 2.21. The zero-order valence-electron chi connectivity index (χ0n) is 13.1. The van der Waals surface area contributed by atoms with Gasteiger partial charge < -0.3 is 4.98 Å². The molecule has 114 valence electrons. The summed E-state index contributed by atoms with van der Waals surface area (Å²) < 4.78 is 2.09. The van der Waals surface area contributed by atoms with Crippen LogP contribution < -0.4 is 0 Å². The number of aromatic amines is 1. The van der Waals surface area contributed by atoms with Gasteiger partial charge in [0.2, 0.25) is 0 Å². The van der Waals surface area contributed by atoms with Crippen molar-refractivity contribution in [3.05, 3.63) is 60.6 Å². The normalized spacial score (nSPS) is 11.4. The van der Waals surface area contributed by atoms with Gasteiger partial charge in [0.05, 0.1) is 11.0 Å². The average molecular weight is 303 g/mol. The summed E-state index contributed by atoms with van der Waals surface area (Å²) >= 11 is 0. The minimum Gasteiger partial charge on any atom is -0.342 e. The molecule has 0 saturated carbocycles. The highest BCUT2D eigenvalue weighted by atomic mass is 15.2. The molecule has 0 aliphatic carbocycles. The predicted octanol–water partition coefficient (Wildman–Crippen LogP) is 3.93. The molecule has 0 radical (unpaired) electrons. The van der Waals surface area contributed by atoms with Crippen molar-refractivity contribution in [3.8, 4) is 17.5 Å². The van der Waals surface area contributed by atoms with E-state index in [0.717, 1.165) is 28.5 Å². The van der Waals surface area contributed by atoms with Crippen LogP contribution in [-0.4, -0.2) is 24.5 Å². The minimum atomic E-state index is 0.365. The van der Waals surface area contributed by atoms with Crippen LogP contribution in [0.25, 0.3) is 28.5 Å². The summed E-state index contributed by atoms with van der Waals surface area (Å²) in [7, 11) is 0. The number of rotatable bonds is 3. The van der Waals surface area contributed by atoms with E-state index in [-0.39, 0.29) is 0 Å². The largest absolute Gasteiger partial charge is 0.342 e. The summed E-state index contributed by atoms with van der Waals surface area (Å²) in [4.78, 5) is 16.9. The predicted molar refractivity (Wildman–Crippen MR) is 90.5 cm³/mol. The van der Waals surface area contributed by atoms with E-state index in [2.05, 4.69) is 45.5 Å². The Morgan fingerprint density at radius 3 is 2.65 bits per heavy atom. The van der Waals surface area contributed by atoms with Crippen LogP contribution in [0.1, 0.15) is 25.3 Å². The first kappa shape index (κ1) is 13.7. The van der Waals surface area contributed by atoms with Crippen LogP contribution in [0, 0.1) is 0 Å². The molecule has 4 rings (SSSR count). The van der Waals surface area contributed by atoms with Gasteiger partial charge in [0, 0.05) is 18.6 Å². The highest BCUT2D eigenvalue weighted by molar-refractivity contribution is 5.82. The van der Waals surface area contributed by atoms with Crippen LogP contribution in [0.2, 0.25) is 0 Å². The Morgan fingerprint density at radius 1 is 1.00 bits per heavy atom. The van der Waals surface area contributed by atoms with Crippen molar-refractivity contribution in [2.45, 2.75) is 19.8 Å². The molecule has 5 nitrogen and oxygen atoms in total. The molecule has 0 unspecified atom stereocenters. The number of nitrogens with zero attached hydrogens (tertiary/aromatic N) is 4. The maximum atomic E-state index is 4.76. The first-order valence-electron chi connectivity index (χ1n) is 7.68. The standard InChI is InChI=1S/C18H17N5/c1-12(2)13-6-5-9-21-17(13)23-15-8-4-3-7-14(15)22-18(23)16-19-10-11-20-16/h3-12H,1-2H3,(H,19,20). The fourth-order valence-electron chi connectivity index (χ4n) is 2.83. The van der Waals surface area contributed by atoms with E-state index < -0.39 is 0 Å². The first-order chi connectivity index (χ1) is 11.3. The van der Waals surface area contributed by atoms with Gasteiger partial charge in [-0.15, -0.1) is 0 Å². The van der Waals surface area contributed by atoms with Crippen molar-refractivity contribution in [3.63, 3.8) is 0 Å². The molecule has 0 atom stereocenters. The molecule has 1 aromatic carbocycles. The van der Waals surface area contributed by atoms with Crippen molar-refractivity contribution in [2.24, 2.45) is 0 Å². The third-order valence-electron chi connectivity index (χ3n) is 3.92. The van der Waals surface area contributed by atoms with Crippen LogP contribution in [0.4, 0.5) is 0 Å². The number of pyridine rings is 1. The number of hydrogen-bond donors (Lipinski definition) is 1. The van der Waals surface area contributed by atoms with Crippen molar-refractivity contribution >= 4 is 11.0 Å². The van der Waals surface area contributed by atoms with Crippen molar-refractivity contribution in [1.29, 1.82) is 0 Å². The van der Waals surface area contributed by atoms with Gasteiger partial charge >= 0.3 is 0 Å². The smallest absolute Gasteiger partial charge is 0.183 e. The molecule has 3 aromatic heterocycles. The average Bonchev–Trinajstić information content (AvgIpc) is 3.22. The number of imidazole rings is 2. The second-order valence-corrected chi connectivity index (χ2v) is 5.77. The summed E-state index contributed by atoms with van der Waals surface area (Å²) in [6, 6.07) is 12.2. The maximum Gasteiger partial charge on any atom is 0.183 e. The fourth-order valence-corrected chi connectivity index (χ4v) is 2.83. The highest BCUT2D eigenvalue weighted by Gasteiger charge is 2.19. The molecule has 3 heterocycles. The highest BCUT2D eigenvalue weighted by Crippen LogP contribution is 2.29. The number of fused-ring (bicyclic) bond motifs is 1. The van der Waals surface area contributed by atoms with E-state index >= 15 is 0 Å². The van der Waals surface area contributed by atoms with Crippen LogP contribution in [0.3, 0.4) is 0 Å². The van der Waals surface area contributed by atoms with E-state index in [0.29, 0.717) is 5.92 Å². The lowest BCUT2D eigenvalue weighted by Crippen LogP contribution is -2.06. The van der Waals surface area contributed by atoms with E-state index in [1.165, 1.54) is 5.56 Å². The van der Waals surface area contributed by atoms with Crippen LogP contribution in [-0.2, 0) is 0 Å². The topological polar surface area (TPSA) is 59.4 Å². The number of H-pyrrole nitrogens is 1. The molecule has 0 amide bonds. The first-order valence-corrected chi connectivity index (χ1v) is 7.68. The van der Waals surface area contributed by atoms with Crippen molar-refractivity contribution < 1.29 is 0 Å². The van der Waals surface area contributed by atoms with Crippen molar-refractivity contribution in [1.82, 2.24) is 24.5 Å². The van der Waals surface area contributed by atoms with Crippen LogP contribution in [0.15, 0.2) is 55.0 Å². The number of benzene rings is 1. The van der Waals surface area contributed by atoms with Gasteiger partial charge in [-0.1, -0.05) is 32.0 Å². The second kappa shape index (κ2) is 5.35. The quantitative estimate of drug-likeness (QED) is 0.623. The van der Waals surface area contributed by atoms with Gasteiger partial charge in [-0.05, 0) is 29.7 Å². The van der Waals surface area contributed by atoms with E-state index in [1.807, 2.05) is 30.5 Å². The van der Waals surface area contributed by atoms with Crippen LogP contribution in [0.5, 0.6) is 0 Å². The van der Waals surface area contributed by atoms with E-state index in [9.17, 15) is 0 Å². The lowest BCUT2D eigenvalue weighted by Gasteiger charge is -2.14. The Labute approximate surface area is 134 Å². The molecule has 5 heteroatoms. The van der Waals surface area contributed by atoms with Gasteiger partial charge in [-0.3, -0.25) is 4.57 Å². The zero-order valence-corrected chi connectivity index (χ0v) is 13.1. The molecule has 1 N–H and O–H groups in total. The summed E-state index contributed by atoms with van der Waals surface area (Å²) in [5.74, 6) is 2.78. The van der Waals surface area contributed by atoms with Gasteiger partial charge in [0.25, 0.3) is 0 Å². The Morgan fingerprint density at radius 2 is 1.87 bits per heavy atom. The molecule has 0 aliphatic heterocycles. The lowest BCUT2D eigenvalue weighted by atomic mass is 10.0. The Bertz CT molecular complexity index is 951. The maximum absolute atomic E-state index is 4.76. The molecular weight excluding hydrogens is 286 g/mol. The fraction of sp³-hybridized carbons (Fsp3) is 0.167. The van der Waals surface area contributed by atoms with Gasteiger partial charge in [0.1, 0.15) is 5.82 Å². The minimum absolute atomic E-state index is 0.365. The number of aromatic nitrogens is 5. The van der Waals surface area contributed by atoms with Crippen LogP contribution >= 0.6 is 0 Å².